The smallest absolute Gasteiger partial charge is 0.391 e. The summed E-state index contributed by atoms with van der Waals surface area (Å²) in [7, 11) is 2.96. The number of amides is 1. The first-order valence-corrected chi connectivity index (χ1v) is 12.2. The number of methoxy groups -OCH3 is 2. The van der Waals surface area contributed by atoms with E-state index in [1.54, 1.807) is 11.8 Å². The highest BCUT2D eigenvalue weighted by Gasteiger charge is 2.51. The Balaban J connectivity index is 1.60. The summed E-state index contributed by atoms with van der Waals surface area (Å²) in [4.78, 5) is 17.1. The van der Waals surface area contributed by atoms with E-state index in [9.17, 15) is 23.1 Å². The standard InChI is InChI=1S/C24H35ClF3N3O4/c1-16(29-17-5-6-19(25)18(13-17)24(26,27)28)22(33)31(15-21(34-2)35-3)11-4-10-30-12-9-23(7-8-23)20(32)14-30/h5-6,13,16,20-21,29,32H,4,7-12,14-15H2,1-3H3/t16?,20-/m1/s1. The number of piperidine rings is 1. The first-order chi connectivity index (χ1) is 16.5. The van der Waals surface area contributed by atoms with Gasteiger partial charge >= 0.3 is 6.18 Å². The van der Waals surface area contributed by atoms with Gasteiger partial charge in [0, 0.05) is 33.0 Å². The van der Waals surface area contributed by atoms with Gasteiger partial charge in [0.05, 0.1) is 23.2 Å². The summed E-state index contributed by atoms with van der Waals surface area (Å²) in [6, 6.07) is 2.68. The normalized spacial score (nSPS) is 20.8. The minimum absolute atomic E-state index is 0.136. The van der Waals surface area contributed by atoms with Crippen LogP contribution in [0.3, 0.4) is 0 Å². The summed E-state index contributed by atoms with van der Waals surface area (Å²) in [5.74, 6) is -0.289. The van der Waals surface area contributed by atoms with Crippen molar-refractivity contribution < 1.29 is 32.5 Å². The van der Waals surface area contributed by atoms with Crippen molar-refractivity contribution in [2.24, 2.45) is 5.41 Å². The number of nitrogens with zero attached hydrogens (tertiary/aromatic N) is 2. The monoisotopic (exact) mass is 521 g/mol. The number of benzene rings is 1. The molecule has 35 heavy (non-hydrogen) atoms. The van der Waals surface area contributed by atoms with Gasteiger partial charge in [-0.2, -0.15) is 13.2 Å². The molecular formula is C24H35ClF3N3O4. The summed E-state index contributed by atoms with van der Waals surface area (Å²) >= 11 is 5.70. The molecule has 2 fully saturated rings. The second-order valence-electron chi connectivity index (χ2n) is 9.53. The third-order valence-electron chi connectivity index (χ3n) is 7.09. The molecule has 1 heterocycles. The Labute approximate surface area is 209 Å². The van der Waals surface area contributed by atoms with Gasteiger partial charge < -0.3 is 29.7 Å². The molecule has 11 heteroatoms. The molecule has 3 rings (SSSR count). The number of hydrogen-bond acceptors (Lipinski definition) is 6. The summed E-state index contributed by atoms with van der Waals surface area (Å²) in [5.41, 5.74) is -0.678. The predicted molar refractivity (Wildman–Crippen MR) is 127 cm³/mol. The fraction of sp³-hybridized carbons (Fsp3) is 0.708. The van der Waals surface area contributed by atoms with Crippen molar-refractivity contribution in [3.63, 3.8) is 0 Å². The Morgan fingerprint density at radius 2 is 2.00 bits per heavy atom. The van der Waals surface area contributed by atoms with Crippen molar-refractivity contribution in [1.82, 2.24) is 9.80 Å². The van der Waals surface area contributed by atoms with E-state index in [1.807, 2.05) is 0 Å². The first-order valence-electron chi connectivity index (χ1n) is 11.9. The van der Waals surface area contributed by atoms with Crippen LogP contribution in [0, 0.1) is 5.41 Å². The molecule has 198 valence electrons. The number of ether oxygens (including phenoxy) is 2. The van der Waals surface area contributed by atoms with Gasteiger partial charge in [0.25, 0.3) is 0 Å². The SMILES string of the molecule is COC(CN(CCCN1CCC2(CC2)[C@H](O)C1)C(=O)C(C)Nc1ccc(Cl)c(C(F)(F)F)c1)OC. The molecule has 2 aliphatic rings. The predicted octanol–water partition coefficient (Wildman–Crippen LogP) is 3.84. The number of carbonyl (C=O) groups excluding carboxylic acids is 1. The van der Waals surface area contributed by atoms with E-state index in [2.05, 4.69) is 10.2 Å². The van der Waals surface area contributed by atoms with Crippen LogP contribution >= 0.6 is 11.6 Å². The lowest BCUT2D eigenvalue weighted by Gasteiger charge is -2.37. The van der Waals surface area contributed by atoms with Crippen LogP contribution in [0.15, 0.2) is 18.2 Å². The molecule has 2 atom stereocenters. The van der Waals surface area contributed by atoms with Crippen molar-refractivity contribution >= 4 is 23.2 Å². The number of halogens is 4. The Morgan fingerprint density at radius 3 is 2.57 bits per heavy atom. The van der Waals surface area contributed by atoms with Gasteiger partial charge in [-0.25, -0.2) is 0 Å². The highest BCUT2D eigenvalue weighted by Crippen LogP contribution is 2.53. The molecule has 0 radical (unpaired) electrons. The topological polar surface area (TPSA) is 74.3 Å². The zero-order chi connectivity index (χ0) is 25.8. The third-order valence-corrected chi connectivity index (χ3v) is 7.42. The van der Waals surface area contributed by atoms with Gasteiger partial charge in [0.2, 0.25) is 5.91 Å². The minimum Gasteiger partial charge on any atom is -0.391 e. The highest BCUT2D eigenvalue weighted by molar-refractivity contribution is 6.31. The molecular weight excluding hydrogens is 487 g/mol. The Bertz CT molecular complexity index is 865. The fourth-order valence-electron chi connectivity index (χ4n) is 4.64. The lowest BCUT2D eigenvalue weighted by Crippen LogP contribution is -2.48. The summed E-state index contributed by atoms with van der Waals surface area (Å²) in [6.07, 6.45) is -1.66. The number of likely N-dealkylation sites (tertiary alicyclic amines) is 1. The number of β-amino-alcohol motifs (C(OH)–C–C–N with tert-alkyl or cyclic N) is 1. The number of alkyl halides is 3. The number of anilines is 1. The quantitative estimate of drug-likeness (QED) is 0.431. The number of nitrogens with one attached hydrogen (secondary N) is 1. The number of hydrogen-bond donors (Lipinski definition) is 2. The molecule has 1 aliphatic carbocycles. The molecule has 0 aromatic heterocycles. The van der Waals surface area contributed by atoms with E-state index in [0.717, 1.165) is 44.5 Å². The van der Waals surface area contributed by atoms with Gasteiger partial charge in [0.1, 0.15) is 6.04 Å². The molecule has 1 aliphatic heterocycles. The largest absolute Gasteiger partial charge is 0.417 e. The number of aliphatic hydroxyl groups excluding tert-OH is 1. The molecule has 2 N–H and O–H groups in total. The molecule has 1 unspecified atom stereocenters. The average Bonchev–Trinajstić information content (AvgIpc) is 3.59. The second-order valence-corrected chi connectivity index (χ2v) is 9.93. The number of rotatable bonds is 11. The van der Waals surface area contributed by atoms with Crippen molar-refractivity contribution in [2.75, 3.05) is 52.3 Å². The summed E-state index contributed by atoms with van der Waals surface area (Å²) < 4.78 is 50.1. The van der Waals surface area contributed by atoms with Crippen LogP contribution in [0.25, 0.3) is 0 Å². The first kappa shape index (κ1) is 28.0. The zero-order valence-electron chi connectivity index (χ0n) is 20.4. The maximum Gasteiger partial charge on any atom is 0.417 e. The maximum atomic E-state index is 13.2. The molecule has 1 amide bonds. The summed E-state index contributed by atoms with van der Waals surface area (Å²) in [5, 5.41) is 12.9. The van der Waals surface area contributed by atoms with Crippen molar-refractivity contribution in [3.05, 3.63) is 28.8 Å². The van der Waals surface area contributed by atoms with Crippen LogP contribution in [0.1, 0.15) is 38.2 Å². The second kappa shape index (κ2) is 11.6. The van der Waals surface area contributed by atoms with E-state index in [-0.39, 0.29) is 29.7 Å². The van der Waals surface area contributed by atoms with Gasteiger partial charge in [-0.15, -0.1) is 0 Å². The Hall–Kier alpha value is -1.59. The summed E-state index contributed by atoms with van der Waals surface area (Å²) in [6.45, 7) is 4.50. The van der Waals surface area contributed by atoms with E-state index >= 15 is 0 Å². The van der Waals surface area contributed by atoms with Crippen LogP contribution < -0.4 is 5.32 Å². The van der Waals surface area contributed by atoms with Gasteiger partial charge in [0.15, 0.2) is 6.29 Å². The zero-order valence-corrected chi connectivity index (χ0v) is 21.2. The molecule has 1 spiro atoms. The molecule has 0 bridgehead atoms. The van der Waals surface area contributed by atoms with Gasteiger partial charge in [-0.1, -0.05) is 11.6 Å². The van der Waals surface area contributed by atoms with E-state index in [1.165, 1.54) is 20.3 Å². The van der Waals surface area contributed by atoms with Crippen LogP contribution in [0.4, 0.5) is 18.9 Å². The molecule has 1 saturated carbocycles. The number of aliphatic hydroxyl groups is 1. The molecule has 7 nitrogen and oxygen atoms in total. The molecule has 1 saturated heterocycles. The van der Waals surface area contributed by atoms with Crippen molar-refractivity contribution in [1.29, 1.82) is 0 Å². The van der Waals surface area contributed by atoms with Crippen LogP contribution in [0.2, 0.25) is 5.02 Å². The van der Waals surface area contributed by atoms with Crippen LogP contribution in [0.5, 0.6) is 0 Å². The van der Waals surface area contributed by atoms with Crippen molar-refractivity contribution in [3.8, 4) is 0 Å². The van der Waals surface area contributed by atoms with Crippen LogP contribution in [-0.2, 0) is 20.4 Å². The number of carbonyl (C=O) groups is 1. The maximum absolute atomic E-state index is 13.2. The van der Waals surface area contributed by atoms with Crippen LogP contribution in [-0.4, -0.2) is 86.2 Å². The van der Waals surface area contributed by atoms with Gasteiger partial charge in [-0.3, -0.25) is 4.79 Å². The van der Waals surface area contributed by atoms with Gasteiger partial charge in [-0.05, 0) is 69.3 Å². The van der Waals surface area contributed by atoms with E-state index in [4.69, 9.17) is 21.1 Å². The third kappa shape index (κ3) is 7.22. The molecule has 1 aromatic carbocycles. The Morgan fingerprint density at radius 1 is 1.31 bits per heavy atom. The highest BCUT2D eigenvalue weighted by atomic mass is 35.5. The lowest BCUT2D eigenvalue weighted by atomic mass is 9.90. The average molecular weight is 522 g/mol. The molecule has 1 aromatic rings. The van der Waals surface area contributed by atoms with E-state index in [0.29, 0.717) is 19.5 Å². The lowest BCUT2D eigenvalue weighted by molar-refractivity contribution is -0.146. The van der Waals surface area contributed by atoms with E-state index < -0.39 is 29.1 Å². The van der Waals surface area contributed by atoms with Crippen molar-refractivity contribution in [2.45, 2.75) is 57.2 Å². The minimum atomic E-state index is -4.60. The Kier molecular flexibility index (Phi) is 9.31. The fourth-order valence-corrected chi connectivity index (χ4v) is 4.87.